The minimum Gasteiger partial charge on any atom is -0.0883 e. The third-order valence-electron chi connectivity index (χ3n) is 2.38. The lowest BCUT2D eigenvalue weighted by atomic mass is 9.88. The molecule has 10 heavy (non-hydrogen) atoms. The van der Waals surface area contributed by atoms with Crippen LogP contribution in [0.2, 0.25) is 0 Å². The Morgan fingerprint density at radius 2 is 2.20 bits per heavy atom. The first-order valence-corrected chi connectivity index (χ1v) is 4.30. The molecular weight excluding hydrogens is 120 g/mol. The number of allylic oxidation sites excluding steroid dienone is 2. The van der Waals surface area contributed by atoms with E-state index in [4.69, 9.17) is 0 Å². The summed E-state index contributed by atoms with van der Waals surface area (Å²) in [6.45, 7) is 6.39. The Kier molecular flexibility index (Phi) is 2.98. The highest BCUT2D eigenvalue weighted by Crippen LogP contribution is 2.21. The van der Waals surface area contributed by atoms with Gasteiger partial charge in [0.1, 0.15) is 0 Å². The van der Waals surface area contributed by atoms with Crippen LogP contribution in [0.15, 0.2) is 12.2 Å². The van der Waals surface area contributed by atoms with E-state index in [-0.39, 0.29) is 0 Å². The Morgan fingerprint density at radius 1 is 1.40 bits per heavy atom. The van der Waals surface area contributed by atoms with Gasteiger partial charge in [-0.25, -0.2) is 0 Å². The summed E-state index contributed by atoms with van der Waals surface area (Å²) in [7, 11) is 0. The summed E-state index contributed by atoms with van der Waals surface area (Å²) >= 11 is 0. The van der Waals surface area contributed by atoms with Gasteiger partial charge in [0, 0.05) is 0 Å². The molecule has 0 aromatic heterocycles. The van der Waals surface area contributed by atoms with Gasteiger partial charge in [0.05, 0.1) is 0 Å². The molecule has 0 aliphatic heterocycles. The van der Waals surface area contributed by atoms with Crippen LogP contribution in [-0.4, -0.2) is 0 Å². The van der Waals surface area contributed by atoms with Gasteiger partial charge in [0.2, 0.25) is 0 Å². The van der Waals surface area contributed by atoms with Crippen molar-refractivity contribution in [3.8, 4) is 0 Å². The second-order valence-electron chi connectivity index (χ2n) is 3.33. The average Bonchev–Trinajstić information content (AvgIpc) is 1.92. The van der Waals surface area contributed by atoms with Crippen molar-refractivity contribution in [3.63, 3.8) is 0 Å². The summed E-state index contributed by atoms with van der Waals surface area (Å²) in [6, 6.07) is 0. The molecule has 2 atom stereocenters. The fourth-order valence-electron chi connectivity index (χ4n) is 1.40. The lowest BCUT2D eigenvalue weighted by Gasteiger charge is -2.17. The zero-order valence-corrected chi connectivity index (χ0v) is 6.84. The quantitative estimate of drug-likeness (QED) is 0.450. The molecular formula is C10H17. The largest absolute Gasteiger partial charge is 0.0883 e. The second kappa shape index (κ2) is 3.80. The molecule has 1 aliphatic rings. The lowest BCUT2D eigenvalue weighted by molar-refractivity contribution is 0.441. The van der Waals surface area contributed by atoms with Crippen LogP contribution in [0.1, 0.15) is 32.6 Å². The van der Waals surface area contributed by atoms with Crippen LogP contribution in [0.4, 0.5) is 0 Å². The number of hydrogen-bond donors (Lipinski definition) is 0. The molecule has 0 bridgehead atoms. The van der Waals surface area contributed by atoms with Crippen LogP contribution in [0, 0.1) is 18.8 Å². The van der Waals surface area contributed by atoms with Crippen molar-refractivity contribution < 1.29 is 0 Å². The van der Waals surface area contributed by atoms with E-state index in [0.29, 0.717) is 11.8 Å². The van der Waals surface area contributed by atoms with Gasteiger partial charge >= 0.3 is 0 Å². The van der Waals surface area contributed by atoms with E-state index in [1.54, 1.807) is 0 Å². The van der Waals surface area contributed by atoms with Crippen molar-refractivity contribution >= 4 is 0 Å². The topological polar surface area (TPSA) is 0 Å². The number of rotatable bonds is 0. The first kappa shape index (κ1) is 7.84. The molecule has 0 aromatic carbocycles. The highest BCUT2D eigenvalue weighted by atomic mass is 14.1. The first-order chi connectivity index (χ1) is 4.80. The van der Waals surface area contributed by atoms with Crippen molar-refractivity contribution in [1.82, 2.24) is 0 Å². The third kappa shape index (κ3) is 2.17. The van der Waals surface area contributed by atoms with Crippen molar-refractivity contribution in [2.24, 2.45) is 11.8 Å². The van der Waals surface area contributed by atoms with Gasteiger partial charge in [-0.3, -0.25) is 0 Å². The fraction of sp³-hybridized carbons (Fsp3) is 0.700. The van der Waals surface area contributed by atoms with Gasteiger partial charge < -0.3 is 0 Å². The molecule has 0 saturated carbocycles. The van der Waals surface area contributed by atoms with Crippen LogP contribution in [-0.2, 0) is 0 Å². The molecule has 0 amide bonds. The minimum absolute atomic E-state index is 0.650. The molecule has 0 heteroatoms. The van der Waals surface area contributed by atoms with E-state index in [1.807, 2.05) is 0 Å². The SMILES string of the molecule is [CH2]C1CCCC/C=C\C1C. The van der Waals surface area contributed by atoms with Crippen molar-refractivity contribution in [1.29, 1.82) is 0 Å². The highest BCUT2D eigenvalue weighted by molar-refractivity contribution is 4.91. The summed E-state index contributed by atoms with van der Waals surface area (Å²) in [5.41, 5.74) is 0. The molecule has 0 N–H and O–H groups in total. The van der Waals surface area contributed by atoms with Crippen LogP contribution in [0.3, 0.4) is 0 Å². The maximum Gasteiger partial charge on any atom is -0.0234 e. The van der Waals surface area contributed by atoms with E-state index in [1.165, 1.54) is 25.7 Å². The highest BCUT2D eigenvalue weighted by Gasteiger charge is 2.09. The molecule has 0 fully saturated rings. The predicted molar refractivity (Wildman–Crippen MR) is 45.6 cm³/mol. The second-order valence-corrected chi connectivity index (χ2v) is 3.33. The Bertz CT molecular complexity index is 113. The smallest absolute Gasteiger partial charge is 0.0234 e. The molecule has 1 radical (unpaired) electrons. The van der Waals surface area contributed by atoms with Gasteiger partial charge in [-0.1, -0.05) is 25.5 Å². The zero-order valence-electron chi connectivity index (χ0n) is 6.84. The molecule has 1 rings (SSSR count). The third-order valence-corrected chi connectivity index (χ3v) is 2.38. The Hall–Kier alpha value is -0.260. The normalized spacial score (nSPS) is 38.2. The fourth-order valence-corrected chi connectivity index (χ4v) is 1.40. The van der Waals surface area contributed by atoms with E-state index >= 15 is 0 Å². The molecule has 0 spiro atoms. The van der Waals surface area contributed by atoms with Gasteiger partial charge in [0.15, 0.2) is 0 Å². The summed E-state index contributed by atoms with van der Waals surface area (Å²) in [6.07, 6.45) is 9.93. The molecule has 57 valence electrons. The van der Waals surface area contributed by atoms with Crippen LogP contribution < -0.4 is 0 Å². The molecule has 0 nitrogen and oxygen atoms in total. The Labute approximate surface area is 64.3 Å². The van der Waals surface area contributed by atoms with Gasteiger partial charge in [-0.2, -0.15) is 0 Å². The molecule has 1 aliphatic carbocycles. The molecule has 0 aromatic rings. The maximum absolute atomic E-state index is 4.13. The van der Waals surface area contributed by atoms with Crippen molar-refractivity contribution in [2.75, 3.05) is 0 Å². The monoisotopic (exact) mass is 137 g/mol. The summed E-state index contributed by atoms with van der Waals surface area (Å²) in [5, 5.41) is 0. The predicted octanol–water partition coefficient (Wildman–Crippen LogP) is 3.20. The standard InChI is InChI=1S/C10H17/c1-9-7-5-3-4-6-8-10(9)2/h6,8-10H,1,3-5,7H2,2H3/b8-6-. The summed E-state index contributed by atoms with van der Waals surface area (Å²) in [4.78, 5) is 0. The van der Waals surface area contributed by atoms with E-state index in [0.717, 1.165) is 0 Å². The van der Waals surface area contributed by atoms with Crippen molar-refractivity contribution in [2.45, 2.75) is 32.6 Å². The summed E-state index contributed by atoms with van der Waals surface area (Å²) < 4.78 is 0. The van der Waals surface area contributed by atoms with Gasteiger partial charge in [-0.15, -0.1) is 0 Å². The van der Waals surface area contributed by atoms with E-state index < -0.39 is 0 Å². The maximum atomic E-state index is 4.13. The minimum atomic E-state index is 0.650. The lowest BCUT2D eigenvalue weighted by Crippen LogP contribution is -2.06. The van der Waals surface area contributed by atoms with Crippen LogP contribution >= 0.6 is 0 Å². The summed E-state index contributed by atoms with van der Waals surface area (Å²) in [5.74, 6) is 1.34. The van der Waals surface area contributed by atoms with Crippen LogP contribution in [0.25, 0.3) is 0 Å². The molecule has 0 saturated heterocycles. The van der Waals surface area contributed by atoms with Gasteiger partial charge in [0.25, 0.3) is 0 Å². The van der Waals surface area contributed by atoms with Crippen molar-refractivity contribution in [3.05, 3.63) is 19.1 Å². The Balaban J connectivity index is 2.44. The zero-order chi connectivity index (χ0) is 7.40. The van der Waals surface area contributed by atoms with Crippen LogP contribution in [0.5, 0.6) is 0 Å². The Morgan fingerprint density at radius 3 is 3.00 bits per heavy atom. The van der Waals surface area contributed by atoms with Gasteiger partial charge in [-0.05, 0) is 38.0 Å². The average molecular weight is 137 g/mol. The molecule has 0 heterocycles. The van der Waals surface area contributed by atoms with E-state index in [2.05, 4.69) is 26.0 Å². The first-order valence-electron chi connectivity index (χ1n) is 4.30. The molecule has 2 unspecified atom stereocenters. The van der Waals surface area contributed by atoms with E-state index in [9.17, 15) is 0 Å². The number of hydrogen-bond acceptors (Lipinski definition) is 0.